The lowest BCUT2D eigenvalue weighted by Gasteiger charge is -2.35. The molecule has 202 valence electrons. The fourth-order valence-electron chi connectivity index (χ4n) is 5.45. The van der Waals surface area contributed by atoms with Crippen LogP contribution in [0.5, 0.6) is 5.75 Å². The van der Waals surface area contributed by atoms with Crippen LogP contribution in [0.2, 0.25) is 0 Å². The molecule has 2 aliphatic rings. The molecule has 1 unspecified atom stereocenters. The second-order valence-electron chi connectivity index (χ2n) is 10.5. The van der Waals surface area contributed by atoms with Gasteiger partial charge in [-0.25, -0.2) is 4.98 Å². The Labute approximate surface area is 229 Å². The SMILES string of the molecule is CCOc1cc(C(C)N2CCc3c(cc(CCN(C)C4CC4)cc3-c3ccc(F)nc3C)C2=O)ncc1C#N. The lowest BCUT2D eigenvalue weighted by molar-refractivity contribution is 0.0669. The molecule has 2 aromatic heterocycles. The standard InChI is InChI=1S/C31H34FN5O2/c1-5-39-29-16-28(34-18-22(29)17-33)20(3)37-13-11-25-26(24-8-9-30(32)35-19(24)2)14-21(15-27(25)31(37)38)10-12-36(4)23-6-7-23/h8-9,14-16,18,20,23H,5-7,10-13H2,1-4H3. The molecular weight excluding hydrogens is 493 g/mol. The highest BCUT2D eigenvalue weighted by Gasteiger charge is 2.32. The number of nitrogens with zero attached hydrogens (tertiary/aromatic N) is 5. The van der Waals surface area contributed by atoms with E-state index in [-0.39, 0.29) is 11.9 Å². The molecule has 0 saturated heterocycles. The number of halogens is 1. The van der Waals surface area contributed by atoms with E-state index in [4.69, 9.17) is 4.74 Å². The average molecular weight is 528 g/mol. The molecule has 39 heavy (non-hydrogen) atoms. The molecule has 1 amide bonds. The van der Waals surface area contributed by atoms with E-state index in [9.17, 15) is 14.4 Å². The molecule has 3 heterocycles. The predicted octanol–water partition coefficient (Wildman–Crippen LogP) is 5.26. The summed E-state index contributed by atoms with van der Waals surface area (Å²) in [4.78, 5) is 26.8. The Morgan fingerprint density at radius 1 is 1.23 bits per heavy atom. The summed E-state index contributed by atoms with van der Waals surface area (Å²) in [6.07, 6.45) is 5.47. The molecule has 3 aromatic rings. The van der Waals surface area contributed by atoms with E-state index in [1.807, 2.05) is 31.7 Å². The van der Waals surface area contributed by atoms with Crippen LogP contribution in [0, 0.1) is 24.2 Å². The molecule has 1 aromatic carbocycles. The monoisotopic (exact) mass is 527 g/mol. The van der Waals surface area contributed by atoms with Crippen molar-refractivity contribution in [3.05, 3.63) is 76.1 Å². The molecule has 8 heteroatoms. The number of hydrogen-bond donors (Lipinski definition) is 0. The largest absolute Gasteiger partial charge is 0.492 e. The van der Waals surface area contributed by atoms with E-state index in [0.29, 0.717) is 53.9 Å². The molecule has 0 N–H and O–H groups in total. The van der Waals surface area contributed by atoms with Crippen LogP contribution in [0.15, 0.2) is 36.5 Å². The van der Waals surface area contributed by atoms with E-state index in [0.717, 1.165) is 35.2 Å². The van der Waals surface area contributed by atoms with Gasteiger partial charge < -0.3 is 14.5 Å². The molecular formula is C31H34FN5O2. The summed E-state index contributed by atoms with van der Waals surface area (Å²) in [5.74, 6) is -0.0886. The first-order valence-corrected chi connectivity index (χ1v) is 13.6. The Hall–Kier alpha value is -3.83. The van der Waals surface area contributed by atoms with Gasteiger partial charge in [0.05, 0.1) is 18.3 Å². The van der Waals surface area contributed by atoms with Crippen molar-refractivity contribution >= 4 is 5.91 Å². The van der Waals surface area contributed by atoms with Crippen LogP contribution in [0.3, 0.4) is 0 Å². The number of amides is 1. The van der Waals surface area contributed by atoms with Crippen LogP contribution >= 0.6 is 0 Å². The highest BCUT2D eigenvalue weighted by Crippen LogP contribution is 2.36. The number of fused-ring (bicyclic) bond motifs is 1. The molecule has 1 fully saturated rings. The summed E-state index contributed by atoms with van der Waals surface area (Å²) in [6.45, 7) is 7.49. The van der Waals surface area contributed by atoms with E-state index >= 15 is 0 Å². The lowest BCUT2D eigenvalue weighted by Crippen LogP contribution is -2.40. The third-order valence-electron chi connectivity index (χ3n) is 7.87. The minimum absolute atomic E-state index is 0.0563. The lowest BCUT2D eigenvalue weighted by atomic mass is 9.86. The summed E-state index contributed by atoms with van der Waals surface area (Å²) in [7, 11) is 2.15. The van der Waals surface area contributed by atoms with E-state index < -0.39 is 5.95 Å². The Balaban J connectivity index is 1.51. The third-order valence-corrected chi connectivity index (χ3v) is 7.87. The molecule has 0 spiro atoms. The number of ether oxygens (including phenoxy) is 1. The summed E-state index contributed by atoms with van der Waals surface area (Å²) >= 11 is 0. The van der Waals surface area contributed by atoms with Crippen LogP contribution in [0.1, 0.15) is 71.2 Å². The third kappa shape index (κ3) is 5.50. The average Bonchev–Trinajstić information content (AvgIpc) is 3.78. The van der Waals surface area contributed by atoms with Crippen molar-refractivity contribution in [2.24, 2.45) is 0 Å². The quantitative estimate of drug-likeness (QED) is 0.353. The Morgan fingerprint density at radius 2 is 2.00 bits per heavy atom. The van der Waals surface area contributed by atoms with E-state index in [2.05, 4.69) is 34.1 Å². The van der Waals surface area contributed by atoms with Crippen molar-refractivity contribution in [1.29, 1.82) is 5.26 Å². The van der Waals surface area contributed by atoms with Crippen molar-refractivity contribution in [3.8, 4) is 22.9 Å². The Kier molecular flexibility index (Phi) is 7.62. The summed E-state index contributed by atoms with van der Waals surface area (Å²) in [6, 6.07) is 11.6. The van der Waals surface area contributed by atoms with Gasteiger partial charge in [0.1, 0.15) is 17.4 Å². The number of benzene rings is 1. The predicted molar refractivity (Wildman–Crippen MR) is 147 cm³/mol. The molecule has 0 bridgehead atoms. The number of likely N-dealkylation sites (N-methyl/N-ethyl adjacent to an activating group) is 1. The zero-order valence-corrected chi connectivity index (χ0v) is 23.0. The maximum Gasteiger partial charge on any atom is 0.254 e. The van der Waals surface area contributed by atoms with Gasteiger partial charge in [0, 0.05) is 48.2 Å². The first-order chi connectivity index (χ1) is 18.8. The van der Waals surface area contributed by atoms with E-state index in [1.54, 1.807) is 12.1 Å². The first-order valence-electron chi connectivity index (χ1n) is 13.6. The second-order valence-corrected chi connectivity index (χ2v) is 10.5. The van der Waals surface area contributed by atoms with Gasteiger partial charge in [-0.2, -0.15) is 9.65 Å². The molecule has 1 saturated carbocycles. The number of aryl methyl sites for hydroxylation is 1. The van der Waals surface area contributed by atoms with Crippen LogP contribution in [0.25, 0.3) is 11.1 Å². The Morgan fingerprint density at radius 3 is 2.69 bits per heavy atom. The van der Waals surface area contributed by atoms with Crippen molar-refractivity contribution in [2.75, 3.05) is 26.7 Å². The normalized spacial score (nSPS) is 15.7. The van der Waals surface area contributed by atoms with Crippen LogP contribution in [-0.2, 0) is 12.8 Å². The number of nitriles is 1. The molecule has 0 radical (unpaired) electrons. The minimum atomic E-state index is -0.509. The molecule has 1 atom stereocenters. The first kappa shape index (κ1) is 26.8. The molecule has 1 aliphatic heterocycles. The van der Waals surface area contributed by atoms with Gasteiger partial charge in [0.25, 0.3) is 5.91 Å². The minimum Gasteiger partial charge on any atom is -0.492 e. The molecule has 1 aliphatic carbocycles. The van der Waals surface area contributed by atoms with Crippen molar-refractivity contribution in [3.63, 3.8) is 0 Å². The maximum atomic E-state index is 14.0. The van der Waals surface area contributed by atoms with Gasteiger partial charge in [-0.15, -0.1) is 0 Å². The van der Waals surface area contributed by atoms with Gasteiger partial charge in [0.2, 0.25) is 5.95 Å². The molecule has 5 rings (SSSR count). The van der Waals surface area contributed by atoms with Gasteiger partial charge in [-0.1, -0.05) is 6.07 Å². The van der Waals surface area contributed by atoms with Crippen LogP contribution < -0.4 is 4.74 Å². The number of carbonyl (C=O) groups is 1. The molecule has 7 nitrogen and oxygen atoms in total. The number of pyridine rings is 2. The fraction of sp³-hybridized carbons (Fsp3) is 0.419. The van der Waals surface area contributed by atoms with Crippen molar-refractivity contribution in [1.82, 2.24) is 19.8 Å². The van der Waals surface area contributed by atoms with Gasteiger partial charge >= 0.3 is 0 Å². The highest BCUT2D eigenvalue weighted by atomic mass is 19.1. The maximum absolute atomic E-state index is 14.0. The van der Waals surface area contributed by atoms with Gasteiger partial charge in [-0.05, 0) is 88.4 Å². The van der Waals surface area contributed by atoms with Crippen molar-refractivity contribution in [2.45, 2.75) is 58.5 Å². The summed E-state index contributed by atoms with van der Waals surface area (Å²) < 4.78 is 19.5. The van der Waals surface area contributed by atoms with Crippen LogP contribution in [-0.4, -0.2) is 58.5 Å². The number of aromatic nitrogens is 2. The second kappa shape index (κ2) is 11.1. The Bertz CT molecular complexity index is 1450. The topological polar surface area (TPSA) is 82.3 Å². The summed E-state index contributed by atoms with van der Waals surface area (Å²) in [5, 5.41) is 9.40. The zero-order chi connectivity index (χ0) is 27.7. The number of hydrogen-bond acceptors (Lipinski definition) is 6. The highest BCUT2D eigenvalue weighted by molar-refractivity contribution is 5.99. The summed E-state index contributed by atoms with van der Waals surface area (Å²) in [5.41, 5.74) is 6.20. The van der Waals surface area contributed by atoms with E-state index in [1.165, 1.54) is 25.1 Å². The smallest absolute Gasteiger partial charge is 0.254 e. The van der Waals surface area contributed by atoms with Gasteiger partial charge in [0.15, 0.2) is 0 Å². The number of carbonyl (C=O) groups excluding carboxylic acids is 1. The van der Waals surface area contributed by atoms with Gasteiger partial charge in [-0.3, -0.25) is 9.78 Å². The van der Waals surface area contributed by atoms with Crippen LogP contribution in [0.4, 0.5) is 4.39 Å². The number of rotatable bonds is 9. The zero-order valence-electron chi connectivity index (χ0n) is 23.0. The van der Waals surface area contributed by atoms with Crippen molar-refractivity contribution < 1.29 is 13.9 Å². The fourth-order valence-corrected chi connectivity index (χ4v) is 5.45.